The predicted molar refractivity (Wildman–Crippen MR) is 177 cm³/mol. The van der Waals surface area contributed by atoms with E-state index in [0.717, 1.165) is 18.8 Å². The number of nitrogens with zero attached hydrogens (tertiary/aromatic N) is 3. The Hall–Kier alpha value is -3.17. The summed E-state index contributed by atoms with van der Waals surface area (Å²) in [5.74, 6) is -2.82. The summed E-state index contributed by atoms with van der Waals surface area (Å²) in [5.41, 5.74) is -0.477. The Labute approximate surface area is 269 Å². The molecule has 2 bridgehead atoms. The standard InChI is InChI=1S/C36H53N3O6/c1-9-13-14-20-44-34(43)30-29-32(41)39(28(23-40)21-24(5)6)31(36(29)22-25(7)35(30,8)45-36)33(42)38(19-10-2)27-17-15-26(16-18-27)37(11-3)12-4/h9-10,15-18,24-25,28-31,40H,1-2,11-14,19-23H2,3-8H3/t25?,28-,29+,30+,31?,35-,36?/m1/s1. The predicted octanol–water partition coefficient (Wildman–Crippen LogP) is 4.98. The summed E-state index contributed by atoms with van der Waals surface area (Å²) in [6, 6.07) is 6.19. The van der Waals surface area contributed by atoms with Crippen molar-refractivity contribution in [3.8, 4) is 0 Å². The fourth-order valence-corrected chi connectivity index (χ4v) is 8.05. The molecule has 3 aliphatic rings. The van der Waals surface area contributed by atoms with Gasteiger partial charge in [0, 0.05) is 31.0 Å². The number of aliphatic hydroxyl groups is 1. The molecule has 1 spiro atoms. The van der Waals surface area contributed by atoms with Crippen LogP contribution in [0.15, 0.2) is 49.6 Å². The van der Waals surface area contributed by atoms with Crippen molar-refractivity contribution in [2.75, 3.05) is 42.6 Å². The maximum atomic E-state index is 15.0. The molecule has 1 aromatic rings. The molecule has 1 N–H and O–H groups in total. The number of unbranched alkanes of at least 4 members (excludes halogenated alkanes) is 1. The summed E-state index contributed by atoms with van der Waals surface area (Å²) in [7, 11) is 0. The van der Waals surface area contributed by atoms with Crippen LogP contribution in [0.4, 0.5) is 11.4 Å². The number of allylic oxidation sites excluding steroid dienone is 1. The molecule has 7 atom stereocenters. The zero-order chi connectivity index (χ0) is 33.1. The number of fused-ring (bicyclic) bond motifs is 1. The lowest BCUT2D eigenvalue weighted by Crippen LogP contribution is -2.59. The second kappa shape index (κ2) is 14.1. The molecule has 1 aromatic carbocycles. The van der Waals surface area contributed by atoms with Gasteiger partial charge in [-0.1, -0.05) is 32.9 Å². The van der Waals surface area contributed by atoms with E-state index in [1.165, 1.54) is 0 Å². The number of benzene rings is 1. The lowest BCUT2D eigenvalue weighted by Gasteiger charge is -2.40. The molecule has 9 nitrogen and oxygen atoms in total. The van der Waals surface area contributed by atoms with Crippen LogP contribution in [-0.4, -0.2) is 83.9 Å². The second-order valence-electron chi connectivity index (χ2n) is 13.4. The van der Waals surface area contributed by atoms with Gasteiger partial charge in [0.2, 0.25) is 5.91 Å². The number of hydrogen-bond acceptors (Lipinski definition) is 7. The van der Waals surface area contributed by atoms with E-state index in [2.05, 4.69) is 31.9 Å². The van der Waals surface area contributed by atoms with Gasteiger partial charge < -0.3 is 29.3 Å². The van der Waals surface area contributed by atoms with Crippen molar-refractivity contribution in [2.45, 2.75) is 90.5 Å². The smallest absolute Gasteiger partial charge is 0.312 e. The van der Waals surface area contributed by atoms with Crippen LogP contribution in [-0.2, 0) is 23.9 Å². The first-order valence-corrected chi connectivity index (χ1v) is 16.6. The van der Waals surface area contributed by atoms with Crippen molar-refractivity contribution in [2.24, 2.45) is 23.7 Å². The van der Waals surface area contributed by atoms with Gasteiger partial charge in [-0.25, -0.2) is 0 Å². The minimum atomic E-state index is -1.24. The van der Waals surface area contributed by atoms with E-state index in [9.17, 15) is 19.5 Å². The number of rotatable bonds is 16. The van der Waals surface area contributed by atoms with Crippen molar-refractivity contribution in [1.29, 1.82) is 0 Å². The average molecular weight is 624 g/mol. The normalized spacial score (nSPS) is 29.1. The Kier molecular flexibility index (Phi) is 10.9. The zero-order valence-electron chi connectivity index (χ0n) is 28.0. The first-order valence-electron chi connectivity index (χ1n) is 16.6. The van der Waals surface area contributed by atoms with Crippen LogP contribution in [0.5, 0.6) is 0 Å². The Morgan fingerprint density at radius 2 is 1.80 bits per heavy atom. The summed E-state index contributed by atoms with van der Waals surface area (Å²) < 4.78 is 12.6. The molecule has 3 aliphatic heterocycles. The zero-order valence-corrected chi connectivity index (χ0v) is 28.0. The van der Waals surface area contributed by atoms with E-state index in [-0.39, 0.29) is 43.4 Å². The number of ether oxygens (including phenoxy) is 2. The van der Waals surface area contributed by atoms with Crippen molar-refractivity contribution in [1.82, 2.24) is 4.90 Å². The third kappa shape index (κ3) is 6.06. The van der Waals surface area contributed by atoms with Gasteiger partial charge in [0.25, 0.3) is 5.91 Å². The molecule has 0 radical (unpaired) electrons. The van der Waals surface area contributed by atoms with Gasteiger partial charge in [-0.05, 0) is 82.6 Å². The first-order chi connectivity index (χ1) is 21.4. The lowest BCUT2D eigenvalue weighted by molar-refractivity contribution is -0.162. The molecule has 248 valence electrons. The van der Waals surface area contributed by atoms with Crippen LogP contribution in [0.1, 0.15) is 67.2 Å². The van der Waals surface area contributed by atoms with E-state index in [1.807, 2.05) is 52.0 Å². The highest BCUT2D eigenvalue weighted by molar-refractivity contribution is 6.05. The van der Waals surface area contributed by atoms with Crippen LogP contribution in [0, 0.1) is 23.7 Å². The molecule has 3 fully saturated rings. The SMILES string of the molecule is C=CCCCOC(=O)[C@@H]1[C@H]2C(=O)N([C@@H](CO)CC(C)C)C(C(=O)N(CC=C)c3ccc(N(CC)CC)cc3)C23CC(C)[C@@]1(C)O3. The summed E-state index contributed by atoms with van der Waals surface area (Å²) in [6.07, 6.45) is 5.73. The molecule has 4 rings (SSSR count). The summed E-state index contributed by atoms with van der Waals surface area (Å²) in [4.78, 5) is 48.8. The van der Waals surface area contributed by atoms with Gasteiger partial charge in [-0.15, -0.1) is 13.2 Å². The number of anilines is 2. The minimum Gasteiger partial charge on any atom is -0.465 e. The molecule has 3 unspecified atom stereocenters. The highest BCUT2D eigenvalue weighted by atomic mass is 16.6. The maximum Gasteiger partial charge on any atom is 0.312 e. The second-order valence-corrected chi connectivity index (χ2v) is 13.4. The molecule has 0 aromatic heterocycles. The third-order valence-electron chi connectivity index (χ3n) is 10.3. The average Bonchev–Trinajstić information content (AvgIpc) is 3.53. The van der Waals surface area contributed by atoms with Crippen LogP contribution in [0.25, 0.3) is 0 Å². The quantitative estimate of drug-likeness (QED) is 0.158. The van der Waals surface area contributed by atoms with Crippen molar-refractivity contribution in [3.05, 3.63) is 49.6 Å². The highest BCUT2D eigenvalue weighted by Gasteiger charge is 2.80. The summed E-state index contributed by atoms with van der Waals surface area (Å²) in [6.45, 7) is 21.6. The van der Waals surface area contributed by atoms with Gasteiger partial charge in [-0.3, -0.25) is 14.4 Å². The van der Waals surface area contributed by atoms with Crippen LogP contribution < -0.4 is 9.80 Å². The Morgan fingerprint density at radius 3 is 2.36 bits per heavy atom. The number of carbonyl (C=O) groups is 3. The Morgan fingerprint density at radius 1 is 1.16 bits per heavy atom. The van der Waals surface area contributed by atoms with Gasteiger partial charge in [0.15, 0.2) is 0 Å². The molecule has 3 saturated heterocycles. The van der Waals surface area contributed by atoms with Gasteiger partial charge in [-0.2, -0.15) is 0 Å². The van der Waals surface area contributed by atoms with E-state index >= 15 is 0 Å². The van der Waals surface area contributed by atoms with Crippen molar-refractivity contribution < 1.29 is 29.0 Å². The molecular formula is C36H53N3O6. The van der Waals surface area contributed by atoms with Gasteiger partial charge in [0.1, 0.15) is 17.6 Å². The lowest BCUT2D eigenvalue weighted by atomic mass is 9.62. The fraction of sp³-hybridized carbons (Fsp3) is 0.639. The van der Waals surface area contributed by atoms with E-state index in [4.69, 9.17) is 9.47 Å². The topological polar surface area (TPSA) is 99.6 Å². The molecule has 3 heterocycles. The number of aliphatic hydroxyl groups excluding tert-OH is 1. The minimum absolute atomic E-state index is 0.110. The number of esters is 1. The number of hydrogen-bond donors (Lipinski definition) is 1. The number of likely N-dealkylation sites (tertiary alicyclic amines) is 1. The van der Waals surface area contributed by atoms with Crippen LogP contribution in [0.2, 0.25) is 0 Å². The summed E-state index contributed by atoms with van der Waals surface area (Å²) in [5, 5.41) is 10.6. The molecule has 9 heteroatoms. The molecule has 2 amide bonds. The first kappa shape index (κ1) is 34.7. The highest BCUT2D eigenvalue weighted by Crippen LogP contribution is 2.66. The van der Waals surface area contributed by atoms with E-state index in [1.54, 1.807) is 22.0 Å². The molecule has 0 saturated carbocycles. The monoisotopic (exact) mass is 623 g/mol. The van der Waals surface area contributed by atoms with Crippen molar-refractivity contribution >= 4 is 29.2 Å². The number of carbonyl (C=O) groups excluding carboxylic acids is 3. The van der Waals surface area contributed by atoms with E-state index in [0.29, 0.717) is 31.4 Å². The Bertz CT molecular complexity index is 1250. The molecular weight excluding hydrogens is 570 g/mol. The largest absolute Gasteiger partial charge is 0.465 e. The third-order valence-corrected chi connectivity index (χ3v) is 10.3. The Balaban J connectivity index is 1.80. The molecule has 45 heavy (non-hydrogen) atoms. The fourth-order valence-electron chi connectivity index (χ4n) is 8.05. The molecule has 0 aliphatic carbocycles. The van der Waals surface area contributed by atoms with Gasteiger partial charge >= 0.3 is 5.97 Å². The maximum absolute atomic E-state index is 15.0. The van der Waals surface area contributed by atoms with E-state index < -0.39 is 41.1 Å². The van der Waals surface area contributed by atoms with Crippen LogP contribution >= 0.6 is 0 Å². The van der Waals surface area contributed by atoms with Gasteiger partial charge in [0.05, 0.1) is 30.8 Å². The van der Waals surface area contributed by atoms with Crippen molar-refractivity contribution in [3.63, 3.8) is 0 Å². The number of amides is 2. The summed E-state index contributed by atoms with van der Waals surface area (Å²) >= 11 is 0. The van der Waals surface area contributed by atoms with Crippen LogP contribution in [0.3, 0.4) is 0 Å².